The van der Waals surface area contributed by atoms with Gasteiger partial charge in [0.1, 0.15) is 6.29 Å². The normalized spacial score (nSPS) is 20.7. The Morgan fingerprint density at radius 2 is 1.74 bits per heavy atom. The molecule has 2 rings (SSSR count). The summed E-state index contributed by atoms with van der Waals surface area (Å²) in [6.45, 7) is 1.70. The van der Waals surface area contributed by atoms with Crippen LogP contribution in [0.3, 0.4) is 0 Å². The lowest BCUT2D eigenvalue weighted by Crippen LogP contribution is -2.52. The minimum absolute atomic E-state index is 0.187. The quantitative estimate of drug-likeness (QED) is 0.628. The molecule has 0 saturated carbocycles. The Morgan fingerprint density at radius 3 is 2.32 bits per heavy atom. The number of hydrogen-bond acceptors (Lipinski definition) is 3. The smallest absolute Gasteiger partial charge is 0.421 e. The van der Waals surface area contributed by atoms with Gasteiger partial charge in [-0.25, -0.2) is 0 Å². The van der Waals surface area contributed by atoms with Gasteiger partial charge in [0.2, 0.25) is 0 Å². The summed E-state index contributed by atoms with van der Waals surface area (Å²) in [5.74, 6) is -1.16. The van der Waals surface area contributed by atoms with Crippen LogP contribution in [0.5, 0.6) is 11.5 Å². The van der Waals surface area contributed by atoms with Crippen LogP contribution >= 0.6 is 0 Å². The summed E-state index contributed by atoms with van der Waals surface area (Å²) in [5, 5.41) is 0. The standard InChI is InChI=1S/C12H10F4O3/c1-7(4-5-17)8-2-3-9-10(6-8)19-12(15,16)11(13,14)18-9/h2-3,5-7H,4H2,1H3. The topological polar surface area (TPSA) is 35.5 Å². The van der Waals surface area contributed by atoms with Crippen molar-refractivity contribution >= 4 is 6.29 Å². The van der Waals surface area contributed by atoms with Gasteiger partial charge in [0.05, 0.1) is 0 Å². The lowest BCUT2D eigenvalue weighted by molar-refractivity contribution is -0.391. The van der Waals surface area contributed by atoms with E-state index in [1.54, 1.807) is 6.92 Å². The molecule has 0 bridgehead atoms. The van der Waals surface area contributed by atoms with E-state index in [1.807, 2.05) is 0 Å². The molecule has 19 heavy (non-hydrogen) atoms. The molecule has 7 heteroatoms. The number of hydrogen-bond donors (Lipinski definition) is 0. The maximum Gasteiger partial charge on any atom is 0.507 e. The Hall–Kier alpha value is -1.79. The van der Waals surface area contributed by atoms with Gasteiger partial charge in [-0.05, 0) is 23.6 Å². The van der Waals surface area contributed by atoms with Crippen molar-refractivity contribution in [3.63, 3.8) is 0 Å². The predicted octanol–water partition coefficient (Wildman–Crippen LogP) is 3.34. The van der Waals surface area contributed by atoms with E-state index in [9.17, 15) is 22.4 Å². The molecule has 0 saturated heterocycles. The van der Waals surface area contributed by atoms with E-state index in [0.717, 1.165) is 6.07 Å². The van der Waals surface area contributed by atoms with Gasteiger partial charge in [-0.2, -0.15) is 17.6 Å². The Labute approximate surface area is 106 Å². The van der Waals surface area contributed by atoms with Crippen molar-refractivity contribution in [2.45, 2.75) is 31.5 Å². The summed E-state index contributed by atoms with van der Waals surface area (Å²) in [6.07, 6.45) is -8.57. The third-order valence-corrected chi connectivity index (χ3v) is 2.80. The van der Waals surface area contributed by atoms with Crippen molar-refractivity contribution in [3.05, 3.63) is 23.8 Å². The SMILES string of the molecule is CC(CC=O)c1ccc2c(c1)OC(F)(F)C(F)(F)O2. The van der Waals surface area contributed by atoms with E-state index in [1.165, 1.54) is 12.1 Å². The van der Waals surface area contributed by atoms with Gasteiger partial charge in [-0.1, -0.05) is 13.0 Å². The van der Waals surface area contributed by atoms with Crippen LogP contribution in [0.1, 0.15) is 24.8 Å². The summed E-state index contributed by atoms with van der Waals surface area (Å²) in [7, 11) is 0. The van der Waals surface area contributed by atoms with Crippen molar-refractivity contribution in [1.29, 1.82) is 0 Å². The van der Waals surface area contributed by atoms with Gasteiger partial charge >= 0.3 is 12.2 Å². The minimum Gasteiger partial charge on any atom is -0.421 e. The zero-order chi connectivity index (χ0) is 14.3. The van der Waals surface area contributed by atoms with Crippen LogP contribution in [0, 0.1) is 0 Å². The van der Waals surface area contributed by atoms with Gasteiger partial charge in [0, 0.05) is 6.42 Å². The molecule has 0 aromatic heterocycles. The highest BCUT2D eigenvalue weighted by Crippen LogP contribution is 2.47. The number of aldehydes is 1. The van der Waals surface area contributed by atoms with E-state index in [4.69, 9.17) is 0 Å². The van der Waals surface area contributed by atoms with Crippen LogP contribution < -0.4 is 9.47 Å². The van der Waals surface area contributed by atoms with Crippen LogP contribution in [0.25, 0.3) is 0 Å². The molecule has 1 unspecified atom stereocenters. The number of benzene rings is 1. The van der Waals surface area contributed by atoms with Crippen LogP contribution in [0.4, 0.5) is 17.6 Å². The van der Waals surface area contributed by atoms with Gasteiger partial charge in [0.25, 0.3) is 0 Å². The molecule has 0 spiro atoms. The molecule has 0 amide bonds. The van der Waals surface area contributed by atoms with Crippen LogP contribution in [-0.2, 0) is 4.79 Å². The van der Waals surface area contributed by atoms with Gasteiger partial charge < -0.3 is 14.3 Å². The van der Waals surface area contributed by atoms with Crippen LogP contribution in [0.2, 0.25) is 0 Å². The highest BCUT2D eigenvalue weighted by atomic mass is 19.3. The molecule has 0 aliphatic carbocycles. The number of fused-ring (bicyclic) bond motifs is 1. The Balaban J connectivity index is 2.35. The number of carbonyl (C=O) groups excluding carboxylic acids is 1. The lowest BCUT2D eigenvalue weighted by Gasteiger charge is -2.32. The molecule has 1 aliphatic heterocycles. The maximum atomic E-state index is 13.0. The van der Waals surface area contributed by atoms with E-state index in [2.05, 4.69) is 9.47 Å². The summed E-state index contributed by atoms with van der Waals surface area (Å²) in [5.41, 5.74) is 0.524. The molecule has 1 aliphatic rings. The third-order valence-electron chi connectivity index (χ3n) is 2.80. The number of alkyl halides is 4. The molecule has 104 valence electrons. The summed E-state index contributed by atoms with van der Waals surface area (Å²) in [4.78, 5) is 10.4. The fourth-order valence-electron chi connectivity index (χ4n) is 1.67. The van der Waals surface area contributed by atoms with E-state index in [-0.39, 0.29) is 12.3 Å². The predicted molar refractivity (Wildman–Crippen MR) is 56.7 cm³/mol. The van der Waals surface area contributed by atoms with Gasteiger partial charge in [0.15, 0.2) is 11.5 Å². The second kappa shape index (κ2) is 4.40. The molecule has 1 aromatic carbocycles. The number of halogens is 4. The van der Waals surface area contributed by atoms with Gasteiger partial charge in [-0.3, -0.25) is 0 Å². The third kappa shape index (κ3) is 2.36. The largest absolute Gasteiger partial charge is 0.507 e. The zero-order valence-electron chi connectivity index (χ0n) is 9.83. The molecule has 0 radical (unpaired) electrons. The number of ether oxygens (including phenoxy) is 2. The minimum atomic E-state index is -4.73. The first-order chi connectivity index (χ1) is 8.77. The highest BCUT2D eigenvalue weighted by Gasteiger charge is 2.65. The Kier molecular flexibility index (Phi) is 3.15. The molecule has 1 aromatic rings. The van der Waals surface area contributed by atoms with Gasteiger partial charge in [-0.15, -0.1) is 0 Å². The Morgan fingerprint density at radius 1 is 1.16 bits per heavy atom. The molecule has 3 nitrogen and oxygen atoms in total. The molecule has 1 atom stereocenters. The monoisotopic (exact) mass is 278 g/mol. The summed E-state index contributed by atoms with van der Waals surface area (Å²) >= 11 is 0. The Bertz CT molecular complexity index is 502. The van der Waals surface area contributed by atoms with Crippen LogP contribution in [0.15, 0.2) is 18.2 Å². The number of rotatable bonds is 3. The highest BCUT2D eigenvalue weighted by molar-refractivity contribution is 5.53. The fraction of sp³-hybridized carbons (Fsp3) is 0.417. The average Bonchev–Trinajstić information content (AvgIpc) is 2.29. The second-order valence-corrected chi connectivity index (χ2v) is 4.25. The first-order valence-corrected chi connectivity index (χ1v) is 5.48. The molecule has 0 fully saturated rings. The maximum absolute atomic E-state index is 13.0. The van der Waals surface area contributed by atoms with Crippen molar-refractivity contribution in [1.82, 2.24) is 0 Å². The second-order valence-electron chi connectivity index (χ2n) is 4.25. The van der Waals surface area contributed by atoms with Crippen molar-refractivity contribution in [2.75, 3.05) is 0 Å². The first kappa shape index (κ1) is 13.6. The summed E-state index contributed by atoms with van der Waals surface area (Å²) < 4.78 is 59.7. The van der Waals surface area contributed by atoms with E-state index >= 15 is 0 Å². The molecule has 0 N–H and O–H groups in total. The fourth-order valence-corrected chi connectivity index (χ4v) is 1.67. The lowest BCUT2D eigenvalue weighted by atomic mass is 9.98. The van der Waals surface area contributed by atoms with E-state index < -0.39 is 23.7 Å². The van der Waals surface area contributed by atoms with Crippen LogP contribution in [-0.4, -0.2) is 18.5 Å². The van der Waals surface area contributed by atoms with Crippen molar-refractivity contribution in [3.8, 4) is 11.5 Å². The zero-order valence-corrected chi connectivity index (χ0v) is 9.83. The first-order valence-electron chi connectivity index (χ1n) is 5.48. The molecular weight excluding hydrogens is 268 g/mol. The summed E-state index contributed by atoms with van der Waals surface area (Å²) in [6, 6.07) is 3.72. The molecule has 1 heterocycles. The van der Waals surface area contributed by atoms with Crippen molar-refractivity contribution < 1.29 is 31.8 Å². The van der Waals surface area contributed by atoms with E-state index in [0.29, 0.717) is 11.8 Å². The number of carbonyl (C=O) groups is 1. The van der Waals surface area contributed by atoms with Crippen molar-refractivity contribution in [2.24, 2.45) is 0 Å². The molecular formula is C12H10F4O3. The average molecular weight is 278 g/mol.